The lowest BCUT2D eigenvalue weighted by Crippen LogP contribution is -2.50. The molecule has 2 nitrogen and oxygen atoms in total. The zero-order valence-corrected chi connectivity index (χ0v) is 13.3. The third kappa shape index (κ3) is 4.19. The minimum absolute atomic E-state index is 0.437. The van der Waals surface area contributed by atoms with Gasteiger partial charge in [-0.25, -0.2) is 0 Å². The van der Waals surface area contributed by atoms with Crippen molar-refractivity contribution in [3.8, 4) is 0 Å². The Morgan fingerprint density at radius 1 is 1.00 bits per heavy atom. The van der Waals surface area contributed by atoms with E-state index in [-0.39, 0.29) is 0 Å². The monoisotopic (exact) mass is 267 g/mol. The molecule has 1 N–H and O–H groups in total. The lowest BCUT2D eigenvalue weighted by atomic mass is 9.77. The van der Waals surface area contributed by atoms with Crippen molar-refractivity contribution in [1.82, 2.24) is 5.32 Å². The van der Waals surface area contributed by atoms with Crippen molar-refractivity contribution < 1.29 is 4.74 Å². The minimum Gasteiger partial charge on any atom is -0.373 e. The summed E-state index contributed by atoms with van der Waals surface area (Å²) in [5.41, 5.74) is 0. The molecule has 0 aromatic heterocycles. The van der Waals surface area contributed by atoms with Crippen molar-refractivity contribution in [1.29, 1.82) is 0 Å². The van der Waals surface area contributed by atoms with Crippen LogP contribution in [0.15, 0.2) is 0 Å². The van der Waals surface area contributed by atoms with Crippen LogP contribution in [-0.2, 0) is 4.74 Å². The number of rotatable bonds is 4. The number of nitrogens with one attached hydrogen (secondary N) is 1. The zero-order chi connectivity index (χ0) is 13.8. The SMILES string of the molecule is CCNC1CC(C)CC(C)C1OC1CCCC(C)C1. The molecule has 6 atom stereocenters. The van der Waals surface area contributed by atoms with Gasteiger partial charge in [-0.2, -0.15) is 0 Å². The molecule has 2 fully saturated rings. The van der Waals surface area contributed by atoms with E-state index in [1.54, 1.807) is 0 Å². The predicted molar refractivity (Wildman–Crippen MR) is 81.3 cm³/mol. The van der Waals surface area contributed by atoms with Crippen LogP contribution in [0.5, 0.6) is 0 Å². The highest BCUT2D eigenvalue weighted by molar-refractivity contribution is 4.89. The second-order valence-electron chi connectivity index (χ2n) is 7.21. The van der Waals surface area contributed by atoms with Crippen LogP contribution in [-0.4, -0.2) is 24.8 Å². The molecule has 2 saturated carbocycles. The minimum atomic E-state index is 0.437. The summed E-state index contributed by atoms with van der Waals surface area (Å²) in [6, 6.07) is 0.570. The second kappa shape index (κ2) is 7.08. The van der Waals surface area contributed by atoms with Gasteiger partial charge in [0, 0.05) is 6.04 Å². The van der Waals surface area contributed by atoms with Crippen molar-refractivity contribution >= 4 is 0 Å². The lowest BCUT2D eigenvalue weighted by Gasteiger charge is -2.42. The molecule has 0 amide bonds. The molecule has 0 aliphatic heterocycles. The molecule has 0 saturated heterocycles. The molecule has 0 heterocycles. The molecule has 6 unspecified atom stereocenters. The predicted octanol–water partition coefficient (Wildman–Crippen LogP) is 3.99. The number of ether oxygens (including phenoxy) is 1. The molecule has 0 bridgehead atoms. The van der Waals surface area contributed by atoms with E-state index < -0.39 is 0 Å². The summed E-state index contributed by atoms with van der Waals surface area (Å²) < 4.78 is 6.57. The summed E-state index contributed by atoms with van der Waals surface area (Å²) in [5.74, 6) is 2.39. The first-order valence-corrected chi connectivity index (χ1v) is 8.49. The molecule has 2 aliphatic rings. The van der Waals surface area contributed by atoms with Gasteiger partial charge in [-0.05, 0) is 50.0 Å². The van der Waals surface area contributed by atoms with Crippen LogP contribution in [0, 0.1) is 17.8 Å². The van der Waals surface area contributed by atoms with Crippen molar-refractivity contribution in [3.05, 3.63) is 0 Å². The summed E-state index contributed by atoms with van der Waals surface area (Å²) in [6.07, 6.45) is 8.87. The summed E-state index contributed by atoms with van der Waals surface area (Å²) >= 11 is 0. The summed E-state index contributed by atoms with van der Waals surface area (Å²) in [6.45, 7) is 10.4. The van der Waals surface area contributed by atoms with E-state index in [0.717, 1.165) is 18.4 Å². The molecule has 0 spiro atoms. The van der Waals surface area contributed by atoms with Crippen LogP contribution in [0.4, 0.5) is 0 Å². The van der Waals surface area contributed by atoms with E-state index in [1.165, 1.54) is 38.5 Å². The molecule has 0 aromatic carbocycles. The molecular formula is C17H33NO. The second-order valence-corrected chi connectivity index (χ2v) is 7.21. The van der Waals surface area contributed by atoms with Crippen LogP contribution in [0.25, 0.3) is 0 Å². The van der Waals surface area contributed by atoms with Gasteiger partial charge in [0.05, 0.1) is 12.2 Å². The Bertz CT molecular complexity index is 268. The number of hydrogen-bond acceptors (Lipinski definition) is 2. The van der Waals surface area contributed by atoms with Gasteiger partial charge in [-0.3, -0.25) is 0 Å². The largest absolute Gasteiger partial charge is 0.373 e. The van der Waals surface area contributed by atoms with Crippen LogP contribution in [0.3, 0.4) is 0 Å². The molecule has 2 rings (SSSR count). The highest BCUT2D eigenvalue weighted by Gasteiger charge is 2.36. The van der Waals surface area contributed by atoms with Gasteiger partial charge in [0.25, 0.3) is 0 Å². The standard InChI is InChI=1S/C17H33NO/c1-5-18-16-11-13(3)9-14(4)17(16)19-15-8-6-7-12(2)10-15/h12-18H,5-11H2,1-4H3. The Balaban J connectivity index is 1.94. The van der Waals surface area contributed by atoms with Gasteiger partial charge in [0.15, 0.2) is 0 Å². The van der Waals surface area contributed by atoms with Crippen molar-refractivity contribution in [2.24, 2.45) is 17.8 Å². The van der Waals surface area contributed by atoms with E-state index in [2.05, 4.69) is 33.0 Å². The average Bonchev–Trinajstić information content (AvgIpc) is 2.34. The van der Waals surface area contributed by atoms with Crippen LogP contribution < -0.4 is 5.32 Å². The topological polar surface area (TPSA) is 21.3 Å². The van der Waals surface area contributed by atoms with Gasteiger partial charge < -0.3 is 10.1 Å². The summed E-state index contributed by atoms with van der Waals surface area (Å²) in [7, 11) is 0. The Morgan fingerprint density at radius 2 is 1.79 bits per heavy atom. The maximum absolute atomic E-state index is 6.57. The highest BCUT2D eigenvalue weighted by atomic mass is 16.5. The highest BCUT2D eigenvalue weighted by Crippen LogP contribution is 2.34. The Hall–Kier alpha value is -0.0800. The molecular weight excluding hydrogens is 234 g/mol. The van der Waals surface area contributed by atoms with Crippen molar-refractivity contribution in [2.45, 2.75) is 84.5 Å². The number of likely N-dealkylation sites (N-methyl/N-ethyl adjacent to an activating group) is 1. The van der Waals surface area contributed by atoms with E-state index in [9.17, 15) is 0 Å². The van der Waals surface area contributed by atoms with Gasteiger partial charge in [-0.15, -0.1) is 0 Å². The molecule has 112 valence electrons. The van der Waals surface area contributed by atoms with Gasteiger partial charge in [0.1, 0.15) is 0 Å². The zero-order valence-electron chi connectivity index (χ0n) is 13.3. The maximum atomic E-state index is 6.57. The van der Waals surface area contributed by atoms with Crippen LogP contribution >= 0.6 is 0 Å². The quantitative estimate of drug-likeness (QED) is 0.831. The van der Waals surface area contributed by atoms with E-state index >= 15 is 0 Å². The third-order valence-corrected chi connectivity index (χ3v) is 5.09. The van der Waals surface area contributed by atoms with Gasteiger partial charge in [0.2, 0.25) is 0 Å². The Kier molecular flexibility index (Phi) is 5.70. The first kappa shape index (κ1) is 15.3. The van der Waals surface area contributed by atoms with Gasteiger partial charge >= 0.3 is 0 Å². The summed E-state index contributed by atoms with van der Waals surface area (Å²) in [4.78, 5) is 0. The fraction of sp³-hybridized carbons (Fsp3) is 1.00. The van der Waals surface area contributed by atoms with Crippen molar-refractivity contribution in [2.75, 3.05) is 6.54 Å². The molecule has 19 heavy (non-hydrogen) atoms. The summed E-state index contributed by atoms with van der Waals surface area (Å²) in [5, 5.41) is 3.67. The van der Waals surface area contributed by atoms with Gasteiger partial charge in [-0.1, -0.05) is 40.5 Å². The number of hydrogen-bond donors (Lipinski definition) is 1. The molecule has 0 radical (unpaired) electrons. The molecule has 2 heteroatoms. The average molecular weight is 267 g/mol. The normalized spacial score (nSPS) is 44.2. The fourth-order valence-corrected chi connectivity index (χ4v) is 4.24. The third-order valence-electron chi connectivity index (χ3n) is 5.09. The Morgan fingerprint density at radius 3 is 2.47 bits per heavy atom. The lowest BCUT2D eigenvalue weighted by molar-refractivity contribution is -0.0955. The first-order valence-electron chi connectivity index (χ1n) is 8.49. The van der Waals surface area contributed by atoms with Crippen molar-refractivity contribution in [3.63, 3.8) is 0 Å². The van der Waals surface area contributed by atoms with E-state index in [0.29, 0.717) is 24.2 Å². The Labute approximate surface area is 119 Å². The van der Waals surface area contributed by atoms with Crippen LogP contribution in [0.1, 0.15) is 66.2 Å². The molecule has 2 aliphatic carbocycles. The molecule has 0 aromatic rings. The van der Waals surface area contributed by atoms with E-state index in [4.69, 9.17) is 4.74 Å². The first-order chi connectivity index (χ1) is 9.10. The fourth-order valence-electron chi connectivity index (χ4n) is 4.24. The smallest absolute Gasteiger partial charge is 0.0757 e. The maximum Gasteiger partial charge on any atom is 0.0757 e. The van der Waals surface area contributed by atoms with Crippen LogP contribution in [0.2, 0.25) is 0 Å². The van der Waals surface area contributed by atoms with E-state index in [1.807, 2.05) is 0 Å².